The molecule has 0 spiro atoms. The molecule has 3 heteroatoms. The Kier molecular flexibility index (Phi) is 7.78. The van der Waals surface area contributed by atoms with E-state index in [1.54, 1.807) is 6.20 Å². The lowest BCUT2D eigenvalue weighted by Crippen LogP contribution is -2.08. The van der Waals surface area contributed by atoms with Crippen LogP contribution in [-0.2, 0) is 12.8 Å². The molecular weight excluding hydrogens is 370 g/mol. The summed E-state index contributed by atoms with van der Waals surface area (Å²) in [5, 5.41) is 0. The molecule has 1 unspecified atom stereocenters. The molecular formula is C27H31NO2. The molecule has 0 radical (unpaired) electrons. The van der Waals surface area contributed by atoms with Gasteiger partial charge in [0, 0.05) is 17.5 Å². The Morgan fingerprint density at radius 2 is 1.70 bits per heavy atom. The zero-order chi connectivity index (χ0) is 21.3. The number of pyridine rings is 1. The van der Waals surface area contributed by atoms with Crippen LogP contribution < -0.4 is 4.74 Å². The van der Waals surface area contributed by atoms with Crippen molar-refractivity contribution in [2.24, 2.45) is 5.92 Å². The summed E-state index contributed by atoms with van der Waals surface area (Å²) >= 11 is 0. The first-order chi connectivity index (χ1) is 14.5. The number of benzene rings is 2. The van der Waals surface area contributed by atoms with Gasteiger partial charge in [0.25, 0.3) is 0 Å². The SMILES string of the molecule is CCCC(Oc1ccc(C(=O)Cc2ccccn2)cc1)c1ccc(CC(C)C)cc1. The van der Waals surface area contributed by atoms with Crippen molar-refractivity contribution in [2.75, 3.05) is 0 Å². The average Bonchev–Trinajstić information content (AvgIpc) is 2.75. The standard InChI is InChI=1S/C27H31NO2/c1-4-7-27(23-11-9-21(10-12-23)18-20(2)3)30-25-15-13-22(14-16-25)26(29)19-24-8-5-6-17-28-24/h5-6,8-17,20,27H,4,7,18-19H2,1-3H3. The van der Waals surface area contributed by atoms with Crippen molar-refractivity contribution >= 4 is 5.78 Å². The predicted octanol–water partition coefficient (Wildman–Crippen LogP) is 6.63. The molecule has 0 aliphatic carbocycles. The van der Waals surface area contributed by atoms with Crippen LogP contribution >= 0.6 is 0 Å². The highest BCUT2D eigenvalue weighted by atomic mass is 16.5. The first-order valence-corrected chi connectivity index (χ1v) is 10.8. The minimum Gasteiger partial charge on any atom is -0.486 e. The summed E-state index contributed by atoms with van der Waals surface area (Å²) in [6.07, 6.45) is 5.11. The van der Waals surface area contributed by atoms with Gasteiger partial charge < -0.3 is 4.74 Å². The van der Waals surface area contributed by atoms with Gasteiger partial charge >= 0.3 is 0 Å². The number of carbonyl (C=O) groups is 1. The number of nitrogens with zero attached hydrogens (tertiary/aromatic N) is 1. The number of aromatic nitrogens is 1. The Bertz CT molecular complexity index is 915. The van der Waals surface area contributed by atoms with Crippen LogP contribution in [0.3, 0.4) is 0 Å². The van der Waals surface area contributed by atoms with E-state index in [0.717, 1.165) is 30.7 Å². The van der Waals surface area contributed by atoms with Gasteiger partial charge in [-0.3, -0.25) is 9.78 Å². The third-order valence-corrected chi connectivity index (χ3v) is 5.07. The number of Topliss-reactive ketones (excluding diaryl/α,β-unsaturated/α-hetero) is 1. The molecule has 1 aromatic heterocycles. The van der Waals surface area contributed by atoms with Crippen LogP contribution in [0.5, 0.6) is 5.75 Å². The van der Waals surface area contributed by atoms with E-state index >= 15 is 0 Å². The first kappa shape index (κ1) is 21.8. The highest BCUT2D eigenvalue weighted by Crippen LogP contribution is 2.27. The van der Waals surface area contributed by atoms with E-state index in [0.29, 0.717) is 17.9 Å². The van der Waals surface area contributed by atoms with Crippen LogP contribution in [0, 0.1) is 5.92 Å². The first-order valence-electron chi connectivity index (χ1n) is 10.8. The van der Waals surface area contributed by atoms with Crippen molar-refractivity contribution in [1.82, 2.24) is 4.98 Å². The van der Waals surface area contributed by atoms with Crippen LogP contribution in [0.1, 0.15) is 66.9 Å². The highest BCUT2D eigenvalue weighted by molar-refractivity contribution is 5.97. The van der Waals surface area contributed by atoms with Crippen molar-refractivity contribution in [3.05, 3.63) is 95.3 Å². The molecule has 3 rings (SSSR count). The van der Waals surface area contributed by atoms with E-state index in [1.165, 1.54) is 11.1 Å². The van der Waals surface area contributed by atoms with Crippen LogP contribution in [0.4, 0.5) is 0 Å². The second-order valence-electron chi connectivity index (χ2n) is 8.18. The van der Waals surface area contributed by atoms with Gasteiger partial charge in [-0.25, -0.2) is 0 Å². The van der Waals surface area contributed by atoms with Crippen LogP contribution in [0.15, 0.2) is 72.9 Å². The van der Waals surface area contributed by atoms with Gasteiger partial charge in [-0.2, -0.15) is 0 Å². The third kappa shape index (κ3) is 6.28. The smallest absolute Gasteiger partial charge is 0.168 e. The molecule has 0 amide bonds. The Morgan fingerprint density at radius 3 is 2.30 bits per heavy atom. The van der Waals surface area contributed by atoms with Crippen molar-refractivity contribution in [3.8, 4) is 5.75 Å². The molecule has 0 fully saturated rings. The molecule has 0 N–H and O–H groups in total. The van der Waals surface area contributed by atoms with Crippen molar-refractivity contribution < 1.29 is 9.53 Å². The largest absolute Gasteiger partial charge is 0.486 e. The van der Waals surface area contributed by atoms with E-state index in [-0.39, 0.29) is 11.9 Å². The summed E-state index contributed by atoms with van der Waals surface area (Å²) in [6.45, 7) is 6.65. The van der Waals surface area contributed by atoms with Gasteiger partial charge in [0.2, 0.25) is 0 Å². The minimum atomic E-state index is 0.0122. The van der Waals surface area contributed by atoms with E-state index in [9.17, 15) is 4.79 Å². The Morgan fingerprint density at radius 1 is 0.967 bits per heavy atom. The molecule has 0 saturated heterocycles. The maximum atomic E-state index is 12.5. The summed E-state index contributed by atoms with van der Waals surface area (Å²) < 4.78 is 6.29. The Balaban J connectivity index is 1.66. The number of carbonyl (C=O) groups excluding carboxylic acids is 1. The molecule has 1 atom stereocenters. The zero-order valence-corrected chi connectivity index (χ0v) is 18.2. The van der Waals surface area contributed by atoms with Crippen molar-refractivity contribution in [2.45, 2.75) is 52.6 Å². The molecule has 3 nitrogen and oxygen atoms in total. The number of hydrogen-bond donors (Lipinski definition) is 0. The average molecular weight is 402 g/mol. The normalized spacial score (nSPS) is 12.0. The van der Waals surface area contributed by atoms with Gasteiger partial charge in [0.15, 0.2) is 5.78 Å². The van der Waals surface area contributed by atoms with Crippen LogP contribution in [0.25, 0.3) is 0 Å². The lowest BCUT2D eigenvalue weighted by atomic mass is 9.99. The predicted molar refractivity (Wildman–Crippen MR) is 122 cm³/mol. The lowest BCUT2D eigenvalue weighted by molar-refractivity contribution is 0.0992. The quantitative estimate of drug-likeness (QED) is 0.358. The fraction of sp³-hybridized carbons (Fsp3) is 0.333. The van der Waals surface area contributed by atoms with Gasteiger partial charge in [0.05, 0.1) is 6.42 Å². The van der Waals surface area contributed by atoms with Gasteiger partial charge in [-0.1, -0.05) is 57.5 Å². The maximum Gasteiger partial charge on any atom is 0.168 e. The fourth-order valence-electron chi connectivity index (χ4n) is 3.55. The van der Waals surface area contributed by atoms with Crippen LogP contribution in [-0.4, -0.2) is 10.8 Å². The van der Waals surface area contributed by atoms with Crippen molar-refractivity contribution in [3.63, 3.8) is 0 Å². The number of ether oxygens (including phenoxy) is 1. The molecule has 156 valence electrons. The fourth-order valence-corrected chi connectivity index (χ4v) is 3.55. The second-order valence-corrected chi connectivity index (χ2v) is 8.18. The van der Waals surface area contributed by atoms with E-state index in [2.05, 4.69) is 50.0 Å². The Hall–Kier alpha value is -2.94. The van der Waals surface area contributed by atoms with Crippen LogP contribution in [0.2, 0.25) is 0 Å². The number of hydrogen-bond acceptors (Lipinski definition) is 3. The summed E-state index contributed by atoms with van der Waals surface area (Å²) in [5.74, 6) is 1.50. The molecule has 0 aliphatic heterocycles. The summed E-state index contributed by atoms with van der Waals surface area (Å²) in [7, 11) is 0. The zero-order valence-electron chi connectivity index (χ0n) is 18.2. The molecule has 30 heavy (non-hydrogen) atoms. The summed E-state index contributed by atoms with van der Waals surface area (Å²) in [4.78, 5) is 16.7. The van der Waals surface area contributed by atoms with E-state index in [1.807, 2.05) is 42.5 Å². The lowest BCUT2D eigenvalue weighted by Gasteiger charge is -2.20. The van der Waals surface area contributed by atoms with Gasteiger partial charge in [-0.05, 0) is 66.3 Å². The Labute approximate surface area is 180 Å². The summed E-state index contributed by atoms with van der Waals surface area (Å²) in [5.41, 5.74) is 4.02. The molecule has 1 heterocycles. The number of rotatable bonds is 10. The van der Waals surface area contributed by atoms with Gasteiger partial charge in [-0.15, -0.1) is 0 Å². The topological polar surface area (TPSA) is 39.2 Å². The van der Waals surface area contributed by atoms with E-state index in [4.69, 9.17) is 4.74 Å². The monoisotopic (exact) mass is 401 g/mol. The molecule has 3 aromatic rings. The molecule has 0 bridgehead atoms. The number of ketones is 1. The van der Waals surface area contributed by atoms with Crippen molar-refractivity contribution in [1.29, 1.82) is 0 Å². The third-order valence-electron chi connectivity index (χ3n) is 5.07. The maximum absolute atomic E-state index is 12.5. The van der Waals surface area contributed by atoms with Gasteiger partial charge in [0.1, 0.15) is 11.9 Å². The highest BCUT2D eigenvalue weighted by Gasteiger charge is 2.14. The van der Waals surface area contributed by atoms with E-state index < -0.39 is 0 Å². The molecule has 0 saturated carbocycles. The summed E-state index contributed by atoms with van der Waals surface area (Å²) in [6, 6.07) is 21.9. The molecule has 2 aromatic carbocycles. The second kappa shape index (κ2) is 10.7. The molecule has 0 aliphatic rings. The minimum absolute atomic E-state index is 0.0122.